The Morgan fingerprint density at radius 2 is 1.04 bits per heavy atom. The van der Waals surface area contributed by atoms with Crippen molar-refractivity contribution in [3.63, 3.8) is 0 Å². The SMILES string of the molecule is c1ccc(-c2nc(-c3ccccc3)nc(-n3c4ncccc4c4c5c6ccccc6sc5c5c6ccccc6n(-c6ccccc6)c5c43)n2)cc1. The van der Waals surface area contributed by atoms with Crippen molar-refractivity contribution < 1.29 is 0 Å². The van der Waals surface area contributed by atoms with E-state index in [0.29, 0.717) is 17.6 Å². The zero-order valence-electron chi connectivity index (χ0n) is 27.1. The summed E-state index contributed by atoms with van der Waals surface area (Å²) in [5.41, 5.74) is 6.96. The molecule has 0 aliphatic carbocycles. The first-order valence-electron chi connectivity index (χ1n) is 16.9. The molecule has 0 aliphatic rings. The Morgan fingerprint density at radius 1 is 0.451 bits per heavy atom. The summed E-state index contributed by atoms with van der Waals surface area (Å²) in [4.78, 5) is 20.6. The zero-order chi connectivity index (χ0) is 33.5. The first-order valence-corrected chi connectivity index (χ1v) is 17.7. The van der Waals surface area contributed by atoms with E-state index in [4.69, 9.17) is 19.9 Å². The van der Waals surface area contributed by atoms with Crippen LogP contribution in [0.1, 0.15) is 0 Å². The van der Waals surface area contributed by atoms with E-state index in [1.54, 1.807) is 0 Å². The van der Waals surface area contributed by atoms with E-state index in [1.807, 2.05) is 84.3 Å². The van der Waals surface area contributed by atoms with Gasteiger partial charge in [0.1, 0.15) is 5.65 Å². The number of rotatable bonds is 4. The van der Waals surface area contributed by atoms with Crippen molar-refractivity contribution in [1.29, 1.82) is 0 Å². The van der Waals surface area contributed by atoms with Crippen LogP contribution in [0.3, 0.4) is 0 Å². The minimum atomic E-state index is 0.520. The van der Waals surface area contributed by atoms with Gasteiger partial charge in [-0.3, -0.25) is 4.57 Å². The second-order valence-corrected chi connectivity index (χ2v) is 13.7. The van der Waals surface area contributed by atoms with Crippen molar-refractivity contribution in [3.05, 3.63) is 158 Å². The van der Waals surface area contributed by atoms with Crippen LogP contribution in [0.15, 0.2) is 158 Å². The van der Waals surface area contributed by atoms with Gasteiger partial charge in [0.2, 0.25) is 5.95 Å². The highest BCUT2D eigenvalue weighted by Gasteiger charge is 2.28. The van der Waals surface area contributed by atoms with Crippen molar-refractivity contribution >= 4 is 75.3 Å². The molecule has 51 heavy (non-hydrogen) atoms. The maximum atomic E-state index is 5.26. The number of thiophene rings is 1. The molecule has 0 amide bonds. The topological polar surface area (TPSA) is 61.4 Å². The van der Waals surface area contributed by atoms with E-state index in [9.17, 15) is 0 Å². The van der Waals surface area contributed by atoms with Crippen LogP contribution in [0, 0.1) is 0 Å². The third kappa shape index (κ3) is 4.09. The highest BCUT2D eigenvalue weighted by molar-refractivity contribution is 7.27. The van der Waals surface area contributed by atoms with Crippen LogP contribution in [0.4, 0.5) is 0 Å². The maximum Gasteiger partial charge on any atom is 0.240 e. The quantitative estimate of drug-likeness (QED) is 0.187. The average Bonchev–Trinajstić information content (AvgIpc) is 3.87. The van der Waals surface area contributed by atoms with Crippen molar-refractivity contribution in [2.45, 2.75) is 0 Å². The van der Waals surface area contributed by atoms with Crippen LogP contribution < -0.4 is 0 Å². The summed E-state index contributed by atoms with van der Waals surface area (Å²) in [5, 5.41) is 7.06. The number of benzene rings is 6. The molecule has 238 valence electrons. The Bertz CT molecular complexity index is 3070. The Balaban J connectivity index is 1.42. The molecule has 0 N–H and O–H groups in total. The normalized spacial score (nSPS) is 11.9. The first kappa shape index (κ1) is 28.2. The number of hydrogen-bond donors (Lipinski definition) is 0. The lowest BCUT2D eigenvalue weighted by Gasteiger charge is -2.13. The molecular formula is C44H26N6S. The summed E-state index contributed by atoms with van der Waals surface area (Å²) < 4.78 is 7.10. The summed E-state index contributed by atoms with van der Waals surface area (Å²) in [7, 11) is 0. The van der Waals surface area contributed by atoms with Gasteiger partial charge in [0.15, 0.2) is 11.6 Å². The van der Waals surface area contributed by atoms with Gasteiger partial charge in [0.05, 0.1) is 16.6 Å². The van der Waals surface area contributed by atoms with E-state index in [2.05, 4.69) is 94.1 Å². The van der Waals surface area contributed by atoms with Crippen LogP contribution in [0.5, 0.6) is 0 Å². The maximum absolute atomic E-state index is 5.26. The molecule has 5 aromatic heterocycles. The molecular weight excluding hydrogens is 645 g/mol. The Morgan fingerprint density at radius 3 is 1.76 bits per heavy atom. The van der Waals surface area contributed by atoms with Crippen LogP contribution in [-0.4, -0.2) is 29.1 Å². The van der Waals surface area contributed by atoms with Crippen LogP contribution in [0.2, 0.25) is 0 Å². The van der Waals surface area contributed by atoms with Gasteiger partial charge >= 0.3 is 0 Å². The molecule has 0 unspecified atom stereocenters. The van der Waals surface area contributed by atoms with Crippen molar-refractivity contribution in [2.75, 3.05) is 0 Å². The fourth-order valence-corrected chi connectivity index (χ4v) is 8.96. The minimum Gasteiger partial charge on any atom is -0.307 e. The van der Waals surface area contributed by atoms with Gasteiger partial charge in [-0.2, -0.15) is 9.97 Å². The van der Waals surface area contributed by atoms with Crippen LogP contribution in [-0.2, 0) is 0 Å². The fraction of sp³-hybridized carbons (Fsp3) is 0. The third-order valence-corrected chi connectivity index (χ3v) is 11.0. The molecule has 0 saturated carbocycles. The Labute approximate surface area is 295 Å². The van der Waals surface area contributed by atoms with E-state index in [1.165, 1.54) is 30.9 Å². The summed E-state index contributed by atoms with van der Waals surface area (Å²) in [6, 6.07) is 52.6. The van der Waals surface area contributed by atoms with Gasteiger partial charge in [-0.25, -0.2) is 9.97 Å². The number of para-hydroxylation sites is 2. The molecule has 0 fully saturated rings. The lowest BCUT2D eigenvalue weighted by Crippen LogP contribution is -2.07. The molecule has 0 aliphatic heterocycles. The molecule has 5 heterocycles. The number of nitrogens with zero attached hydrogens (tertiary/aromatic N) is 6. The molecule has 6 nitrogen and oxygen atoms in total. The highest BCUT2D eigenvalue weighted by Crippen LogP contribution is 2.50. The number of hydrogen-bond acceptors (Lipinski definition) is 5. The van der Waals surface area contributed by atoms with Crippen LogP contribution >= 0.6 is 11.3 Å². The van der Waals surface area contributed by atoms with Gasteiger partial charge in [-0.15, -0.1) is 11.3 Å². The molecule has 0 atom stereocenters. The summed E-state index contributed by atoms with van der Waals surface area (Å²) in [6.07, 6.45) is 1.86. The number of fused-ring (bicyclic) bond motifs is 12. The third-order valence-electron chi connectivity index (χ3n) is 9.80. The smallest absolute Gasteiger partial charge is 0.240 e. The predicted octanol–water partition coefficient (Wildman–Crippen LogP) is 11.2. The van der Waals surface area contributed by atoms with Gasteiger partial charge in [0.25, 0.3) is 0 Å². The predicted molar refractivity (Wildman–Crippen MR) is 210 cm³/mol. The number of pyridine rings is 1. The second kappa shape index (κ2) is 10.9. The largest absolute Gasteiger partial charge is 0.307 e. The lowest BCUT2D eigenvalue weighted by atomic mass is 10.0. The second-order valence-electron chi connectivity index (χ2n) is 12.7. The van der Waals surface area contributed by atoms with Gasteiger partial charge in [-0.1, -0.05) is 115 Å². The molecule has 6 aromatic carbocycles. The van der Waals surface area contributed by atoms with Gasteiger partial charge in [-0.05, 0) is 36.4 Å². The monoisotopic (exact) mass is 670 g/mol. The summed E-state index contributed by atoms with van der Waals surface area (Å²) in [6.45, 7) is 0. The van der Waals surface area contributed by atoms with Crippen molar-refractivity contribution in [1.82, 2.24) is 29.1 Å². The van der Waals surface area contributed by atoms with Gasteiger partial charge in [0, 0.05) is 64.7 Å². The Hall–Kier alpha value is -6.70. The highest BCUT2D eigenvalue weighted by atomic mass is 32.1. The Kier molecular flexibility index (Phi) is 6.02. The van der Waals surface area contributed by atoms with E-state index >= 15 is 0 Å². The molecule has 0 bridgehead atoms. The van der Waals surface area contributed by atoms with Crippen molar-refractivity contribution in [3.8, 4) is 34.4 Å². The molecule has 7 heteroatoms. The molecule has 11 rings (SSSR count). The van der Waals surface area contributed by atoms with Gasteiger partial charge < -0.3 is 4.57 Å². The zero-order valence-corrected chi connectivity index (χ0v) is 27.9. The van der Waals surface area contributed by atoms with E-state index < -0.39 is 0 Å². The molecule has 11 aromatic rings. The molecule has 0 radical (unpaired) electrons. The van der Waals surface area contributed by atoms with E-state index in [0.717, 1.165) is 49.8 Å². The molecule has 0 saturated heterocycles. The standard InChI is InChI=1S/C44H26N6S/c1-4-15-27(16-5-1)41-46-42(28-17-6-2-7-18-28)48-44(47-41)50-38-35(32-23-14-26-45-43(32)50)36-31-22-11-13-25-34(31)51-40(36)37-30-21-10-12-24-33(30)49(39(37)38)29-19-8-3-9-20-29/h1-26H. The van der Waals surface area contributed by atoms with E-state index in [-0.39, 0.29) is 0 Å². The van der Waals surface area contributed by atoms with Crippen molar-refractivity contribution in [2.24, 2.45) is 0 Å². The summed E-state index contributed by atoms with van der Waals surface area (Å²) >= 11 is 1.86. The number of aromatic nitrogens is 6. The molecule has 0 spiro atoms. The summed E-state index contributed by atoms with van der Waals surface area (Å²) in [5.74, 6) is 1.73. The fourth-order valence-electron chi connectivity index (χ4n) is 7.69. The minimum absolute atomic E-state index is 0.520. The first-order chi connectivity index (χ1) is 25.3. The average molecular weight is 671 g/mol. The van der Waals surface area contributed by atoms with Crippen LogP contribution in [0.25, 0.3) is 98.3 Å². The lowest BCUT2D eigenvalue weighted by molar-refractivity contribution is 0.944.